The van der Waals surface area contributed by atoms with Crippen LogP contribution in [0.4, 0.5) is 18.9 Å². The SMILES string of the molecule is CCc1cccc(CC)c1NC(=O)CSc1nnnn1-c1ccc(OC(F)(F)F)cc1. The zero-order valence-corrected chi connectivity index (χ0v) is 17.6. The zero-order valence-electron chi connectivity index (χ0n) is 16.8. The standard InChI is InChI=1S/C20H20F3N5O2S/c1-3-13-6-5-7-14(4-2)18(13)24-17(29)12-31-19-25-26-27-28(19)15-8-10-16(11-9-15)30-20(21,22)23/h5-11H,3-4,12H2,1-2H3,(H,24,29). The Morgan fingerprint density at radius 2 is 1.74 bits per heavy atom. The van der Waals surface area contributed by atoms with Gasteiger partial charge in [0.25, 0.3) is 0 Å². The van der Waals surface area contributed by atoms with Gasteiger partial charge in [-0.25, -0.2) is 0 Å². The Labute approximate surface area is 181 Å². The zero-order chi connectivity index (χ0) is 22.4. The minimum atomic E-state index is -4.77. The summed E-state index contributed by atoms with van der Waals surface area (Å²) in [5, 5.41) is 14.6. The number of rotatable bonds is 8. The highest BCUT2D eigenvalue weighted by Gasteiger charge is 2.31. The van der Waals surface area contributed by atoms with Crippen molar-refractivity contribution in [1.82, 2.24) is 20.2 Å². The van der Waals surface area contributed by atoms with Gasteiger partial charge >= 0.3 is 6.36 Å². The van der Waals surface area contributed by atoms with E-state index in [0.29, 0.717) is 10.8 Å². The van der Waals surface area contributed by atoms with Gasteiger partial charge in [-0.15, -0.1) is 18.3 Å². The van der Waals surface area contributed by atoms with E-state index in [1.54, 1.807) is 0 Å². The second kappa shape index (κ2) is 9.82. The molecule has 7 nitrogen and oxygen atoms in total. The van der Waals surface area contributed by atoms with Crippen LogP contribution in [0.3, 0.4) is 0 Å². The molecule has 0 aliphatic heterocycles. The molecule has 11 heteroatoms. The first-order valence-electron chi connectivity index (χ1n) is 9.48. The molecule has 0 aliphatic carbocycles. The summed E-state index contributed by atoms with van der Waals surface area (Å²) in [5.74, 6) is -0.486. The van der Waals surface area contributed by atoms with E-state index in [9.17, 15) is 18.0 Å². The number of thioether (sulfide) groups is 1. The van der Waals surface area contributed by atoms with Crippen LogP contribution in [-0.4, -0.2) is 38.2 Å². The molecule has 0 unspecified atom stereocenters. The maximum atomic E-state index is 12.5. The molecule has 31 heavy (non-hydrogen) atoms. The number of carbonyl (C=O) groups excluding carboxylic acids is 1. The second-order valence-electron chi connectivity index (χ2n) is 6.41. The van der Waals surface area contributed by atoms with E-state index in [1.807, 2.05) is 32.0 Å². The summed E-state index contributed by atoms with van der Waals surface area (Å²) in [7, 11) is 0. The van der Waals surface area contributed by atoms with E-state index in [2.05, 4.69) is 25.6 Å². The van der Waals surface area contributed by atoms with Crippen LogP contribution in [-0.2, 0) is 17.6 Å². The number of amides is 1. The smallest absolute Gasteiger partial charge is 0.406 e. The number of carbonyl (C=O) groups is 1. The summed E-state index contributed by atoms with van der Waals surface area (Å²) in [4.78, 5) is 12.5. The number of tetrazole rings is 1. The molecule has 0 spiro atoms. The van der Waals surface area contributed by atoms with Crippen LogP contribution in [0.15, 0.2) is 47.6 Å². The molecule has 164 valence electrons. The number of halogens is 3. The third-order valence-corrected chi connectivity index (χ3v) is 5.27. The summed E-state index contributed by atoms with van der Waals surface area (Å²) >= 11 is 1.12. The van der Waals surface area contributed by atoms with Gasteiger partial charge in [0.2, 0.25) is 11.1 Å². The highest BCUT2D eigenvalue weighted by atomic mass is 32.2. The van der Waals surface area contributed by atoms with Crippen molar-refractivity contribution >= 4 is 23.4 Å². The molecule has 0 saturated carbocycles. The molecule has 3 aromatic rings. The molecule has 3 rings (SSSR count). The molecular weight excluding hydrogens is 431 g/mol. The van der Waals surface area contributed by atoms with Gasteiger partial charge in [0.15, 0.2) is 0 Å². The topological polar surface area (TPSA) is 81.9 Å². The number of aryl methyl sites for hydroxylation is 2. The summed E-state index contributed by atoms with van der Waals surface area (Å²) < 4.78 is 42.1. The predicted octanol–water partition coefficient (Wildman–Crippen LogP) is 4.42. The van der Waals surface area contributed by atoms with Gasteiger partial charge in [-0.2, -0.15) is 4.68 Å². The summed E-state index contributed by atoms with van der Waals surface area (Å²) in [5.41, 5.74) is 3.39. The Morgan fingerprint density at radius 1 is 1.10 bits per heavy atom. The van der Waals surface area contributed by atoms with Crippen LogP contribution >= 0.6 is 11.8 Å². The van der Waals surface area contributed by atoms with Gasteiger partial charge in [0.05, 0.1) is 11.4 Å². The average molecular weight is 451 g/mol. The van der Waals surface area contributed by atoms with Crippen molar-refractivity contribution in [3.63, 3.8) is 0 Å². The maximum absolute atomic E-state index is 12.5. The molecule has 0 atom stereocenters. The average Bonchev–Trinajstić information content (AvgIpc) is 3.20. The number of alkyl halides is 3. The van der Waals surface area contributed by atoms with Crippen molar-refractivity contribution in [2.24, 2.45) is 0 Å². The number of nitrogens with one attached hydrogen (secondary N) is 1. The lowest BCUT2D eigenvalue weighted by atomic mass is 10.0. The lowest BCUT2D eigenvalue weighted by Gasteiger charge is -2.14. The largest absolute Gasteiger partial charge is 0.573 e. The van der Waals surface area contributed by atoms with E-state index in [0.717, 1.165) is 41.4 Å². The van der Waals surface area contributed by atoms with Gasteiger partial charge in [-0.1, -0.05) is 43.8 Å². The van der Waals surface area contributed by atoms with Gasteiger partial charge in [0, 0.05) is 5.69 Å². The molecule has 0 bridgehead atoms. The number of anilines is 1. The van der Waals surface area contributed by atoms with E-state index >= 15 is 0 Å². The van der Waals surface area contributed by atoms with Crippen LogP contribution < -0.4 is 10.1 Å². The Balaban J connectivity index is 1.67. The predicted molar refractivity (Wildman–Crippen MR) is 110 cm³/mol. The molecule has 1 N–H and O–H groups in total. The number of hydrogen-bond acceptors (Lipinski definition) is 6. The molecule has 0 radical (unpaired) electrons. The molecule has 1 heterocycles. The molecule has 0 aliphatic rings. The normalized spacial score (nSPS) is 11.4. The van der Waals surface area contributed by atoms with Crippen molar-refractivity contribution < 1.29 is 22.7 Å². The molecule has 1 amide bonds. The van der Waals surface area contributed by atoms with Crippen LogP contribution in [0.1, 0.15) is 25.0 Å². The number of para-hydroxylation sites is 1. The van der Waals surface area contributed by atoms with Crippen molar-refractivity contribution in [2.45, 2.75) is 38.2 Å². The number of ether oxygens (including phenoxy) is 1. The first-order valence-corrected chi connectivity index (χ1v) is 10.5. The minimum absolute atomic E-state index is 0.0663. The maximum Gasteiger partial charge on any atom is 0.573 e. The molecule has 1 aromatic heterocycles. The van der Waals surface area contributed by atoms with Crippen molar-refractivity contribution in [2.75, 3.05) is 11.1 Å². The van der Waals surface area contributed by atoms with Gasteiger partial charge in [0.1, 0.15) is 5.75 Å². The molecule has 0 saturated heterocycles. The van der Waals surface area contributed by atoms with Gasteiger partial charge in [-0.05, 0) is 58.7 Å². The van der Waals surface area contributed by atoms with E-state index in [1.165, 1.54) is 28.9 Å². The minimum Gasteiger partial charge on any atom is -0.406 e. The van der Waals surface area contributed by atoms with Crippen LogP contribution in [0.5, 0.6) is 5.75 Å². The van der Waals surface area contributed by atoms with Crippen LogP contribution in [0.2, 0.25) is 0 Å². The first kappa shape index (κ1) is 22.6. The third kappa shape index (κ3) is 5.97. The van der Waals surface area contributed by atoms with E-state index < -0.39 is 6.36 Å². The highest BCUT2D eigenvalue weighted by molar-refractivity contribution is 7.99. The van der Waals surface area contributed by atoms with E-state index in [4.69, 9.17) is 0 Å². The highest BCUT2D eigenvalue weighted by Crippen LogP contribution is 2.26. The fourth-order valence-electron chi connectivity index (χ4n) is 2.93. The van der Waals surface area contributed by atoms with Crippen molar-refractivity contribution in [1.29, 1.82) is 0 Å². The molecular formula is C20H20F3N5O2S. The molecule has 2 aromatic carbocycles. The number of benzene rings is 2. The lowest BCUT2D eigenvalue weighted by Crippen LogP contribution is -2.17. The van der Waals surface area contributed by atoms with Crippen molar-refractivity contribution in [3.8, 4) is 11.4 Å². The van der Waals surface area contributed by atoms with Gasteiger partial charge in [-0.3, -0.25) is 4.79 Å². The van der Waals surface area contributed by atoms with Crippen LogP contribution in [0, 0.1) is 0 Å². The quantitative estimate of drug-likeness (QED) is 0.511. The van der Waals surface area contributed by atoms with Crippen LogP contribution in [0.25, 0.3) is 5.69 Å². The summed E-state index contributed by atoms with van der Waals surface area (Å²) in [6.07, 6.45) is -3.18. The Morgan fingerprint density at radius 3 is 2.32 bits per heavy atom. The lowest BCUT2D eigenvalue weighted by molar-refractivity contribution is -0.274. The Hall–Kier alpha value is -3.08. The first-order chi connectivity index (χ1) is 14.8. The van der Waals surface area contributed by atoms with E-state index in [-0.39, 0.29) is 17.4 Å². The monoisotopic (exact) mass is 451 g/mol. The fourth-order valence-corrected chi connectivity index (χ4v) is 3.62. The number of nitrogens with zero attached hydrogens (tertiary/aromatic N) is 4. The molecule has 0 fully saturated rings. The number of hydrogen-bond donors (Lipinski definition) is 1. The third-order valence-electron chi connectivity index (χ3n) is 4.35. The fraction of sp³-hybridized carbons (Fsp3) is 0.300. The summed E-state index contributed by atoms with van der Waals surface area (Å²) in [6.45, 7) is 4.05. The second-order valence-corrected chi connectivity index (χ2v) is 7.35. The Bertz CT molecular complexity index is 1020. The summed E-state index contributed by atoms with van der Waals surface area (Å²) in [6, 6.07) is 11.1. The Kier molecular flexibility index (Phi) is 7.16. The number of aromatic nitrogens is 4. The van der Waals surface area contributed by atoms with Crippen molar-refractivity contribution in [3.05, 3.63) is 53.6 Å². The van der Waals surface area contributed by atoms with Gasteiger partial charge < -0.3 is 10.1 Å².